The van der Waals surface area contributed by atoms with E-state index in [9.17, 15) is 9.59 Å². The quantitative estimate of drug-likeness (QED) is 0.633. The molecule has 1 aromatic heterocycles. The molecular formula is C21H20N4O3. The van der Waals surface area contributed by atoms with Gasteiger partial charge in [-0.15, -0.1) is 10.2 Å². The minimum absolute atomic E-state index is 0.212. The van der Waals surface area contributed by atoms with Gasteiger partial charge in [0.2, 0.25) is 0 Å². The standard InChI is InChI=1S/C21H20N4O3/c1-3-28-21(27)15-6-10-16(11-7-15)22-19-13-12-18(24-25-19)20(26)23-17-8-4-14(2)5-9-17/h4-13H,3H2,1-2H3,(H,22,25)(H,23,26). The first-order valence-corrected chi connectivity index (χ1v) is 8.81. The van der Waals surface area contributed by atoms with Crippen LogP contribution in [0.15, 0.2) is 60.7 Å². The summed E-state index contributed by atoms with van der Waals surface area (Å²) in [6.07, 6.45) is 0. The fourth-order valence-corrected chi connectivity index (χ4v) is 2.40. The molecule has 0 saturated heterocycles. The van der Waals surface area contributed by atoms with Crippen LogP contribution in [-0.2, 0) is 4.74 Å². The van der Waals surface area contributed by atoms with Crippen molar-refractivity contribution in [1.82, 2.24) is 10.2 Å². The molecule has 0 atom stereocenters. The molecule has 1 amide bonds. The molecule has 0 aliphatic carbocycles. The second-order valence-corrected chi connectivity index (χ2v) is 6.05. The molecule has 0 aliphatic rings. The van der Waals surface area contributed by atoms with E-state index in [2.05, 4.69) is 20.8 Å². The number of ether oxygens (including phenoxy) is 1. The molecule has 0 saturated carbocycles. The van der Waals surface area contributed by atoms with Crippen LogP contribution in [-0.4, -0.2) is 28.7 Å². The molecular weight excluding hydrogens is 356 g/mol. The summed E-state index contributed by atoms with van der Waals surface area (Å²) in [6, 6.07) is 17.6. The number of hydrogen-bond acceptors (Lipinski definition) is 6. The smallest absolute Gasteiger partial charge is 0.338 e. The van der Waals surface area contributed by atoms with Crippen molar-refractivity contribution in [2.24, 2.45) is 0 Å². The number of aromatic nitrogens is 2. The summed E-state index contributed by atoms with van der Waals surface area (Å²) in [7, 11) is 0. The molecule has 3 aromatic rings. The minimum Gasteiger partial charge on any atom is -0.462 e. The van der Waals surface area contributed by atoms with Crippen LogP contribution in [0.4, 0.5) is 17.2 Å². The number of hydrogen-bond donors (Lipinski definition) is 2. The van der Waals surface area contributed by atoms with Gasteiger partial charge in [-0.1, -0.05) is 17.7 Å². The highest BCUT2D eigenvalue weighted by molar-refractivity contribution is 6.02. The number of carbonyl (C=O) groups excluding carboxylic acids is 2. The first-order valence-electron chi connectivity index (χ1n) is 8.81. The molecule has 0 aliphatic heterocycles. The molecule has 7 nitrogen and oxygen atoms in total. The normalized spacial score (nSPS) is 10.2. The van der Waals surface area contributed by atoms with Gasteiger partial charge in [0.05, 0.1) is 12.2 Å². The lowest BCUT2D eigenvalue weighted by Gasteiger charge is -2.07. The molecule has 2 aromatic carbocycles. The summed E-state index contributed by atoms with van der Waals surface area (Å²) >= 11 is 0. The monoisotopic (exact) mass is 376 g/mol. The molecule has 0 unspecified atom stereocenters. The average Bonchev–Trinajstić information content (AvgIpc) is 2.71. The Morgan fingerprint density at radius 3 is 2.18 bits per heavy atom. The second kappa shape index (κ2) is 8.77. The minimum atomic E-state index is -0.363. The van der Waals surface area contributed by atoms with Gasteiger partial charge in [-0.25, -0.2) is 4.79 Å². The number of esters is 1. The van der Waals surface area contributed by atoms with E-state index in [1.807, 2.05) is 31.2 Å². The van der Waals surface area contributed by atoms with Crippen LogP contribution in [0.1, 0.15) is 33.3 Å². The van der Waals surface area contributed by atoms with Crippen LogP contribution in [0.2, 0.25) is 0 Å². The molecule has 0 fully saturated rings. The Balaban J connectivity index is 1.61. The van der Waals surface area contributed by atoms with Crippen molar-refractivity contribution in [2.75, 3.05) is 17.2 Å². The number of benzene rings is 2. The maximum atomic E-state index is 12.2. The van der Waals surface area contributed by atoms with Gasteiger partial charge in [-0.05, 0) is 62.4 Å². The SMILES string of the molecule is CCOC(=O)c1ccc(Nc2ccc(C(=O)Nc3ccc(C)cc3)nn2)cc1. The van der Waals surface area contributed by atoms with Gasteiger partial charge in [0.15, 0.2) is 11.5 Å². The molecule has 0 radical (unpaired) electrons. The van der Waals surface area contributed by atoms with Crippen LogP contribution < -0.4 is 10.6 Å². The lowest BCUT2D eigenvalue weighted by atomic mass is 10.2. The van der Waals surface area contributed by atoms with Crippen molar-refractivity contribution >= 4 is 29.1 Å². The van der Waals surface area contributed by atoms with Crippen molar-refractivity contribution in [3.8, 4) is 0 Å². The van der Waals surface area contributed by atoms with Crippen LogP contribution in [0.3, 0.4) is 0 Å². The van der Waals surface area contributed by atoms with Crippen LogP contribution >= 0.6 is 0 Å². The molecule has 28 heavy (non-hydrogen) atoms. The van der Waals surface area contributed by atoms with Crippen LogP contribution in [0.5, 0.6) is 0 Å². The van der Waals surface area contributed by atoms with Crippen molar-refractivity contribution in [2.45, 2.75) is 13.8 Å². The van der Waals surface area contributed by atoms with Gasteiger partial charge in [0.25, 0.3) is 5.91 Å². The third kappa shape index (κ3) is 4.91. The van der Waals surface area contributed by atoms with Gasteiger partial charge in [0.1, 0.15) is 0 Å². The van der Waals surface area contributed by atoms with E-state index in [1.54, 1.807) is 43.3 Å². The van der Waals surface area contributed by atoms with Gasteiger partial charge in [-0.2, -0.15) is 0 Å². The third-order valence-electron chi connectivity index (χ3n) is 3.88. The highest BCUT2D eigenvalue weighted by Gasteiger charge is 2.09. The molecule has 1 heterocycles. The first-order chi connectivity index (χ1) is 13.5. The predicted molar refractivity (Wildman–Crippen MR) is 107 cm³/mol. The van der Waals surface area contributed by atoms with Gasteiger partial charge in [0, 0.05) is 11.4 Å². The maximum Gasteiger partial charge on any atom is 0.338 e. The van der Waals surface area contributed by atoms with Gasteiger partial charge in [-0.3, -0.25) is 4.79 Å². The molecule has 7 heteroatoms. The van der Waals surface area contributed by atoms with Gasteiger partial charge < -0.3 is 15.4 Å². The van der Waals surface area contributed by atoms with E-state index in [4.69, 9.17) is 4.74 Å². The second-order valence-electron chi connectivity index (χ2n) is 6.05. The summed E-state index contributed by atoms with van der Waals surface area (Å²) in [6.45, 7) is 4.07. The topological polar surface area (TPSA) is 93.2 Å². The Hall–Kier alpha value is -3.74. The summed E-state index contributed by atoms with van der Waals surface area (Å²) in [5.74, 6) is -0.213. The summed E-state index contributed by atoms with van der Waals surface area (Å²) in [5, 5.41) is 13.8. The number of carbonyl (C=O) groups is 2. The van der Waals surface area contributed by atoms with E-state index in [0.717, 1.165) is 11.3 Å². The number of anilines is 3. The predicted octanol–water partition coefficient (Wildman–Crippen LogP) is 3.96. The van der Waals surface area contributed by atoms with E-state index in [0.29, 0.717) is 23.7 Å². The maximum absolute atomic E-state index is 12.2. The first kappa shape index (κ1) is 19.0. The number of amides is 1. The molecule has 0 spiro atoms. The highest BCUT2D eigenvalue weighted by atomic mass is 16.5. The number of aryl methyl sites for hydroxylation is 1. The van der Waals surface area contributed by atoms with E-state index >= 15 is 0 Å². The zero-order chi connectivity index (χ0) is 19.9. The Morgan fingerprint density at radius 2 is 1.57 bits per heavy atom. The Kier molecular flexibility index (Phi) is 5.96. The lowest BCUT2D eigenvalue weighted by molar-refractivity contribution is 0.0526. The van der Waals surface area contributed by atoms with Crippen LogP contribution in [0.25, 0.3) is 0 Å². The number of nitrogens with zero attached hydrogens (tertiary/aromatic N) is 2. The lowest BCUT2D eigenvalue weighted by Crippen LogP contribution is -2.14. The zero-order valence-electron chi connectivity index (χ0n) is 15.6. The third-order valence-corrected chi connectivity index (χ3v) is 3.88. The van der Waals surface area contributed by atoms with Gasteiger partial charge >= 0.3 is 5.97 Å². The van der Waals surface area contributed by atoms with Crippen molar-refractivity contribution < 1.29 is 14.3 Å². The zero-order valence-corrected chi connectivity index (χ0v) is 15.6. The fourth-order valence-electron chi connectivity index (χ4n) is 2.40. The van der Waals surface area contributed by atoms with Crippen LogP contribution in [0, 0.1) is 6.92 Å². The summed E-state index contributed by atoms with van der Waals surface area (Å²) in [4.78, 5) is 23.9. The van der Waals surface area contributed by atoms with E-state index < -0.39 is 0 Å². The van der Waals surface area contributed by atoms with Crippen molar-refractivity contribution in [3.63, 3.8) is 0 Å². The van der Waals surface area contributed by atoms with E-state index in [1.165, 1.54) is 0 Å². The largest absolute Gasteiger partial charge is 0.462 e. The van der Waals surface area contributed by atoms with E-state index in [-0.39, 0.29) is 17.6 Å². The highest BCUT2D eigenvalue weighted by Crippen LogP contribution is 2.16. The summed E-state index contributed by atoms with van der Waals surface area (Å²) in [5.41, 5.74) is 3.23. The molecule has 3 rings (SSSR count). The average molecular weight is 376 g/mol. The number of rotatable bonds is 6. The summed E-state index contributed by atoms with van der Waals surface area (Å²) < 4.78 is 4.95. The number of nitrogens with one attached hydrogen (secondary N) is 2. The van der Waals surface area contributed by atoms with Crippen molar-refractivity contribution in [1.29, 1.82) is 0 Å². The Bertz CT molecular complexity index is 952. The Morgan fingerprint density at radius 1 is 0.893 bits per heavy atom. The molecule has 0 bridgehead atoms. The fraction of sp³-hybridized carbons (Fsp3) is 0.143. The molecule has 2 N–H and O–H groups in total. The Labute approximate surface area is 162 Å². The van der Waals surface area contributed by atoms with Crippen molar-refractivity contribution in [3.05, 3.63) is 77.5 Å². The molecule has 142 valence electrons.